The Morgan fingerprint density at radius 1 is 1.19 bits per heavy atom. The largest absolute Gasteiger partial charge is 0.481 e. The molecule has 1 atom stereocenters. The van der Waals surface area contributed by atoms with Crippen LogP contribution in [-0.4, -0.2) is 79.7 Å². The summed E-state index contributed by atoms with van der Waals surface area (Å²) in [6, 6.07) is -0.552. The first kappa shape index (κ1) is 20.7. The zero-order chi connectivity index (χ0) is 20.2. The smallest absolute Gasteiger partial charge is 0.410 e. The molecule has 1 fully saturated rings. The summed E-state index contributed by atoms with van der Waals surface area (Å²) >= 11 is 0. The average Bonchev–Trinajstić information content (AvgIpc) is 3.06. The highest BCUT2D eigenvalue weighted by Gasteiger charge is 2.30. The van der Waals surface area contributed by atoms with Crippen molar-refractivity contribution < 1.29 is 24.2 Å². The summed E-state index contributed by atoms with van der Waals surface area (Å²) in [6.07, 6.45) is 1.46. The fourth-order valence-electron chi connectivity index (χ4n) is 2.67. The molecule has 0 radical (unpaired) electrons. The van der Waals surface area contributed by atoms with Gasteiger partial charge in [0.15, 0.2) is 0 Å². The number of ether oxygens (including phenoxy) is 1. The number of amides is 2. The molecule has 10 nitrogen and oxygen atoms in total. The number of rotatable bonds is 5. The first-order valence-electron chi connectivity index (χ1n) is 8.96. The molecule has 1 saturated heterocycles. The Bertz CT molecular complexity index is 688. The van der Waals surface area contributed by atoms with Crippen LogP contribution in [0.5, 0.6) is 0 Å². The maximum Gasteiger partial charge on any atom is 0.410 e. The van der Waals surface area contributed by atoms with Gasteiger partial charge in [-0.15, -0.1) is 5.10 Å². The van der Waals surface area contributed by atoms with Crippen molar-refractivity contribution in [2.24, 2.45) is 0 Å². The number of nitrogens with zero attached hydrogens (tertiary/aromatic N) is 5. The maximum absolute atomic E-state index is 12.7. The van der Waals surface area contributed by atoms with E-state index in [2.05, 4.69) is 10.3 Å². The van der Waals surface area contributed by atoms with Crippen LogP contribution >= 0.6 is 0 Å². The van der Waals surface area contributed by atoms with Gasteiger partial charge in [0.25, 0.3) is 0 Å². The van der Waals surface area contributed by atoms with Gasteiger partial charge in [0.1, 0.15) is 11.6 Å². The molecule has 2 rings (SSSR count). The van der Waals surface area contributed by atoms with Crippen molar-refractivity contribution in [3.8, 4) is 0 Å². The first-order chi connectivity index (χ1) is 12.6. The summed E-state index contributed by atoms with van der Waals surface area (Å²) < 4.78 is 6.80. The molecule has 0 aliphatic carbocycles. The predicted molar refractivity (Wildman–Crippen MR) is 95.1 cm³/mol. The van der Waals surface area contributed by atoms with E-state index in [0.29, 0.717) is 31.9 Å². The third-order valence-electron chi connectivity index (χ3n) is 4.15. The summed E-state index contributed by atoms with van der Waals surface area (Å²) in [5, 5.41) is 16.6. The minimum Gasteiger partial charge on any atom is -0.481 e. The lowest BCUT2D eigenvalue weighted by Crippen LogP contribution is -2.52. The molecular weight excluding hydrogens is 354 g/mol. The van der Waals surface area contributed by atoms with Crippen molar-refractivity contribution >= 4 is 18.0 Å². The minimum absolute atomic E-state index is 0.0341. The van der Waals surface area contributed by atoms with Gasteiger partial charge in [0.05, 0.1) is 12.1 Å². The molecule has 0 saturated carbocycles. The van der Waals surface area contributed by atoms with Crippen LogP contribution in [0.3, 0.4) is 0 Å². The molecule has 1 N–H and O–H groups in total. The van der Waals surface area contributed by atoms with E-state index in [4.69, 9.17) is 9.84 Å². The van der Waals surface area contributed by atoms with Crippen LogP contribution < -0.4 is 0 Å². The second-order valence-electron chi connectivity index (χ2n) is 7.55. The number of aliphatic carboxylic acids is 1. The molecule has 1 aromatic heterocycles. The Hall–Kier alpha value is -2.65. The highest BCUT2D eigenvalue weighted by Crippen LogP contribution is 2.15. The number of piperazine rings is 1. The molecule has 10 heteroatoms. The van der Waals surface area contributed by atoms with E-state index in [1.54, 1.807) is 22.9 Å². The molecule has 1 aliphatic rings. The average molecular weight is 381 g/mol. The van der Waals surface area contributed by atoms with Crippen LogP contribution in [0.4, 0.5) is 4.79 Å². The molecule has 2 amide bonds. The number of hydrogen-bond acceptors (Lipinski definition) is 6. The third-order valence-corrected chi connectivity index (χ3v) is 4.15. The third kappa shape index (κ3) is 5.93. The fourth-order valence-corrected chi connectivity index (χ4v) is 2.67. The number of carbonyl (C=O) groups excluding carboxylic acids is 2. The summed E-state index contributed by atoms with van der Waals surface area (Å²) in [7, 11) is 0. The Morgan fingerprint density at radius 2 is 1.78 bits per heavy atom. The van der Waals surface area contributed by atoms with Gasteiger partial charge in [0.2, 0.25) is 5.91 Å². The van der Waals surface area contributed by atoms with Gasteiger partial charge in [-0.1, -0.05) is 5.21 Å². The lowest BCUT2D eigenvalue weighted by atomic mass is 10.2. The van der Waals surface area contributed by atoms with E-state index in [9.17, 15) is 14.4 Å². The van der Waals surface area contributed by atoms with Gasteiger partial charge < -0.3 is 19.6 Å². The molecule has 2 heterocycles. The number of carboxylic acid groups (broad SMARTS) is 1. The van der Waals surface area contributed by atoms with Crippen molar-refractivity contribution in [1.29, 1.82) is 0 Å². The Labute approximate surface area is 158 Å². The highest BCUT2D eigenvalue weighted by molar-refractivity contribution is 5.80. The van der Waals surface area contributed by atoms with Gasteiger partial charge in [-0.3, -0.25) is 9.59 Å². The van der Waals surface area contributed by atoms with E-state index in [-0.39, 0.29) is 24.8 Å². The van der Waals surface area contributed by atoms with Crippen molar-refractivity contribution in [2.75, 3.05) is 26.2 Å². The molecule has 0 spiro atoms. The summed E-state index contributed by atoms with van der Waals surface area (Å²) in [6.45, 7) is 8.83. The van der Waals surface area contributed by atoms with Crippen LogP contribution in [0.2, 0.25) is 0 Å². The molecule has 27 heavy (non-hydrogen) atoms. The molecule has 1 aromatic rings. The monoisotopic (exact) mass is 381 g/mol. The van der Waals surface area contributed by atoms with Crippen molar-refractivity contribution in [3.05, 3.63) is 11.9 Å². The van der Waals surface area contributed by atoms with Crippen LogP contribution in [0.25, 0.3) is 0 Å². The summed E-state index contributed by atoms with van der Waals surface area (Å²) in [4.78, 5) is 38.7. The normalized spacial score (nSPS) is 16.1. The van der Waals surface area contributed by atoms with Crippen LogP contribution in [0.15, 0.2) is 6.20 Å². The van der Waals surface area contributed by atoms with Crippen LogP contribution in [0, 0.1) is 0 Å². The minimum atomic E-state index is -0.906. The van der Waals surface area contributed by atoms with E-state index >= 15 is 0 Å². The fraction of sp³-hybridized carbons (Fsp3) is 0.706. The summed E-state index contributed by atoms with van der Waals surface area (Å²) in [5.74, 6) is -1.02. The lowest BCUT2D eigenvalue weighted by molar-refractivity contribution is -0.137. The van der Waals surface area contributed by atoms with Crippen molar-refractivity contribution in [1.82, 2.24) is 24.8 Å². The SMILES string of the molecule is C[C@@H](C(=O)N1CCN(C(=O)OC(C)(C)C)CC1)n1cc(CCC(=O)O)nn1. The Kier molecular flexibility index (Phi) is 6.40. The maximum atomic E-state index is 12.7. The van der Waals surface area contributed by atoms with Gasteiger partial charge in [-0.2, -0.15) is 0 Å². The van der Waals surface area contributed by atoms with Crippen molar-refractivity contribution in [3.63, 3.8) is 0 Å². The standard InChI is InChI=1S/C17H27N5O5/c1-12(22-11-13(18-19-22)5-6-14(23)24)15(25)20-7-9-21(10-8-20)16(26)27-17(2,3)4/h11-12H,5-10H2,1-4H3,(H,23,24)/t12-/m0/s1. The summed E-state index contributed by atoms with van der Waals surface area (Å²) in [5.41, 5.74) is -0.0175. The number of hydrogen-bond donors (Lipinski definition) is 1. The van der Waals surface area contributed by atoms with E-state index in [1.807, 2.05) is 20.8 Å². The van der Waals surface area contributed by atoms with Gasteiger partial charge >= 0.3 is 12.1 Å². The van der Waals surface area contributed by atoms with Crippen LogP contribution in [0.1, 0.15) is 45.9 Å². The first-order valence-corrected chi connectivity index (χ1v) is 8.96. The molecule has 0 bridgehead atoms. The van der Waals surface area contributed by atoms with Crippen molar-refractivity contribution in [2.45, 2.75) is 52.2 Å². The number of carboxylic acids is 1. The van der Waals surface area contributed by atoms with Crippen LogP contribution in [-0.2, 0) is 20.7 Å². The lowest BCUT2D eigenvalue weighted by Gasteiger charge is -2.36. The number of carbonyl (C=O) groups is 3. The van der Waals surface area contributed by atoms with Gasteiger partial charge in [-0.25, -0.2) is 9.48 Å². The number of aryl methyl sites for hydroxylation is 1. The van der Waals surface area contributed by atoms with Gasteiger partial charge in [-0.05, 0) is 27.7 Å². The second kappa shape index (κ2) is 8.36. The van der Waals surface area contributed by atoms with E-state index in [1.165, 1.54) is 4.68 Å². The molecule has 0 aromatic carbocycles. The quantitative estimate of drug-likeness (QED) is 0.806. The molecule has 1 aliphatic heterocycles. The Morgan fingerprint density at radius 3 is 2.33 bits per heavy atom. The van der Waals surface area contributed by atoms with E-state index < -0.39 is 17.6 Å². The predicted octanol–water partition coefficient (Wildman–Crippen LogP) is 0.936. The van der Waals surface area contributed by atoms with E-state index in [0.717, 1.165) is 0 Å². The van der Waals surface area contributed by atoms with Gasteiger partial charge in [0, 0.05) is 38.8 Å². The zero-order valence-electron chi connectivity index (χ0n) is 16.2. The topological polar surface area (TPSA) is 118 Å². The molecule has 150 valence electrons. The molecule has 0 unspecified atom stereocenters. The zero-order valence-corrected chi connectivity index (χ0v) is 16.2. The number of aromatic nitrogens is 3. The Balaban J connectivity index is 1.88. The molecular formula is C17H27N5O5. The second-order valence-corrected chi connectivity index (χ2v) is 7.55. The highest BCUT2D eigenvalue weighted by atomic mass is 16.6.